The van der Waals surface area contributed by atoms with Crippen molar-refractivity contribution in [3.05, 3.63) is 77.0 Å². The summed E-state index contributed by atoms with van der Waals surface area (Å²) in [5.74, 6) is 0.210. The summed E-state index contributed by atoms with van der Waals surface area (Å²) >= 11 is 0. The van der Waals surface area contributed by atoms with E-state index in [2.05, 4.69) is 4.98 Å². The first-order chi connectivity index (χ1) is 18.2. The number of halogens is 3. The highest BCUT2D eigenvalue weighted by atomic mass is 19.4. The van der Waals surface area contributed by atoms with E-state index in [1.165, 1.54) is 25.3 Å². The molecule has 1 heterocycles. The number of aromatic nitrogens is 1. The molecule has 0 bridgehead atoms. The van der Waals surface area contributed by atoms with Crippen molar-refractivity contribution in [3.63, 3.8) is 0 Å². The Labute approximate surface area is 226 Å². The standard InChI is InChI=1S/C30H33F3N2O4/c1-18-5-7-19(8-6-18)23-16-21(28(2,3)34)17-27(35-23)29(37,30(31,32)33)14-13-24(36)20-9-12-25(26(15-20)38-4)39-22-10-11-22/h5-9,12,15-17,22,37H,10-11,13-14,34H2,1-4H3/t29-/m0/s1. The van der Waals surface area contributed by atoms with E-state index in [4.69, 9.17) is 15.2 Å². The van der Waals surface area contributed by atoms with Crippen molar-refractivity contribution >= 4 is 5.78 Å². The molecular weight excluding hydrogens is 509 g/mol. The van der Waals surface area contributed by atoms with Gasteiger partial charge in [0, 0.05) is 23.1 Å². The van der Waals surface area contributed by atoms with Gasteiger partial charge in [0.15, 0.2) is 17.3 Å². The van der Waals surface area contributed by atoms with Crippen molar-refractivity contribution in [2.75, 3.05) is 7.11 Å². The Bertz CT molecular complexity index is 1350. The van der Waals surface area contributed by atoms with Gasteiger partial charge in [0.1, 0.15) is 0 Å². The number of hydrogen-bond donors (Lipinski definition) is 2. The van der Waals surface area contributed by atoms with Crippen LogP contribution in [0, 0.1) is 6.92 Å². The fourth-order valence-corrected chi connectivity index (χ4v) is 4.14. The SMILES string of the molecule is COc1cc(C(=O)CC[C@](O)(c2cc(C(C)(C)N)cc(-c3ccc(C)cc3)n2)C(F)(F)F)ccc1OC1CC1. The Morgan fingerprint density at radius 1 is 1.05 bits per heavy atom. The highest BCUT2D eigenvalue weighted by molar-refractivity contribution is 5.96. The van der Waals surface area contributed by atoms with Crippen LogP contribution in [-0.4, -0.2) is 35.3 Å². The van der Waals surface area contributed by atoms with Crippen LogP contribution in [0.25, 0.3) is 11.3 Å². The third-order valence-corrected chi connectivity index (χ3v) is 6.83. The predicted octanol–water partition coefficient (Wildman–Crippen LogP) is 6.21. The molecule has 1 aliphatic carbocycles. The number of ether oxygens (including phenoxy) is 2. The second kappa shape index (κ2) is 10.6. The van der Waals surface area contributed by atoms with Crippen LogP contribution in [0.4, 0.5) is 13.2 Å². The largest absolute Gasteiger partial charge is 0.493 e. The van der Waals surface area contributed by atoms with Gasteiger partial charge in [0.2, 0.25) is 5.60 Å². The average Bonchev–Trinajstić information content (AvgIpc) is 3.70. The topological polar surface area (TPSA) is 94.7 Å². The molecule has 2 aromatic carbocycles. The monoisotopic (exact) mass is 542 g/mol. The second-order valence-electron chi connectivity index (χ2n) is 10.7. The molecule has 1 aromatic heterocycles. The Balaban J connectivity index is 1.67. The molecule has 0 radical (unpaired) electrons. The lowest BCUT2D eigenvalue weighted by atomic mass is 9.86. The van der Waals surface area contributed by atoms with Gasteiger partial charge in [0.25, 0.3) is 0 Å². The van der Waals surface area contributed by atoms with Gasteiger partial charge in [-0.05, 0) is 75.9 Å². The van der Waals surface area contributed by atoms with Gasteiger partial charge < -0.3 is 20.3 Å². The van der Waals surface area contributed by atoms with Gasteiger partial charge in [-0.25, -0.2) is 4.98 Å². The van der Waals surface area contributed by atoms with Crippen LogP contribution in [0.2, 0.25) is 0 Å². The lowest BCUT2D eigenvalue weighted by molar-refractivity contribution is -0.270. The van der Waals surface area contributed by atoms with Crippen LogP contribution in [0.15, 0.2) is 54.6 Å². The van der Waals surface area contributed by atoms with Crippen molar-refractivity contribution < 1.29 is 32.5 Å². The zero-order valence-electron chi connectivity index (χ0n) is 22.4. The quantitative estimate of drug-likeness (QED) is 0.296. The number of Topliss-reactive ketones (excluding diaryl/α,β-unsaturated/α-hetero) is 1. The normalized spacial score (nSPS) is 15.5. The van der Waals surface area contributed by atoms with Crippen molar-refractivity contribution in [3.8, 4) is 22.8 Å². The third-order valence-electron chi connectivity index (χ3n) is 6.83. The van der Waals surface area contributed by atoms with Crippen LogP contribution < -0.4 is 15.2 Å². The smallest absolute Gasteiger partial charge is 0.422 e. The van der Waals surface area contributed by atoms with Crippen LogP contribution in [0.3, 0.4) is 0 Å². The molecule has 0 saturated heterocycles. The van der Waals surface area contributed by atoms with Crippen LogP contribution >= 0.6 is 0 Å². The number of nitrogens with two attached hydrogens (primary N) is 1. The maximum Gasteiger partial charge on any atom is 0.422 e. The van der Waals surface area contributed by atoms with Crippen LogP contribution in [0.1, 0.15) is 66.7 Å². The first kappa shape index (κ1) is 28.6. The number of aryl methyl sites for hydroxylation is 1. The fourth-order valence-electron chi connectivity index (χ4n) is 4.14. The zero-order valence-corrected chi connectivity index (χ0v) is 22.4. The Morgan fingerprint density at radius 3 is 2.28 bits per heavy atom. The maximum absolute atomic E-state index is 14.5. The molecule has 9 heteroatoms. The minimum Gasteiger partial charge on any atom is -0.493 e. The minimum atomic E-state index is -5.11. The van der Waals surface area contributed by atoms with Crippen LogP contribution in [-0.2, 0) is 11.1 Å². The van der Waals surface area contributed by atoms with Gasteiger partial charge in [0.05, 0.1) is 24.6 Å². The van der Waals surface area contributed by atoms with E-state index >= 15 is 0 Å². The number of alkyl halides is 3. The fraction of sp³-hybridized carbons (Fsp3) is 0.400. The number of rotatable bonds is 10. The maximum atomic E-state index is 14.5. The summed E-state index contributed by atoms with van der Waals surface area (Å²) in [6.45, 7) is 5.21. The highest BCUT2D eigenvalue weighted by Crippen LogP contribution is 2.44. The Morgan fingerprint density at radius 2 is 1.72 bits per heavy atom. The summed E-state index contributed by atoms with van der Waals surface area (Å²) < 4.78 is 54.5. The Hall–Kier alpha value is -3.43. The molecular formula is C30H33F3N2O4. The number of methoxy groups -OCH3 is 1. The van der Waals surface area contributed by atoms with Gasteiger partial charge in [-0.15, -0.1) is 0 Å². The third kappa shape index (κ3) is 6.42. The van der Waals surface area contributed by atoms with E-state index in [-0.39, 0.29) is 17.4 Å². The molecule has 6 nitrogen and oxygen atoms in total. The van der Waals surface area contributed by atoms with E-state index in [0.717, 1.165) is 18.4 Å². The van der Waals surface area contributed by atoms with Crippen molar-refractivity contribution in [2.24, 2.45) is 5.73 Å². The summed E-state index contributed by atoms with van der Waals surface area (Å²) in [7, 11) is 1.43. The summed E-state index contributed by atoms with van der Waals surface area (Å²) in [6.07, 6.45) is -4.65. The number of pyridine rings is 1. The molecule has 1 atom stereocenters. The molecule has 208 valence electrons. The van der Waals surface area contributed by atoms with E-state index in [9.17, 15) is 23.1 Å². The summed E-state index contributed by atoms with van der Waals surface area (Å²) in [5, 5.41) is 11.1. The first-order valence-corrected chi connectivity index (χ1v) is 12.8. The summed E-state index contributed by atoms with van der Waals surface area (Å²) in [6, 6.07) is 14.4. The molecule has 0 aliphatic heterocycles. The molecule has 1 aliphatic rings. The molecule has 0 amide bonds. The van der Waals surface area contributed by atoms with Crippen molar-refractivity contribution in [2.45, 2.75) is 69.9 Å². The highest BCUT2D eigenvalue weighted by Gasteiger charge is 2.56. The Kier molecular flexibility index (Phi) is 7.78. The van der Waals surface area contributed by atoms with Crippen LogP contribution in [0.5, 0.6) is 11.5 Å². The number of ketones is 1. The molecule has 4 rings (SSSR count). The number of carbonyl (C=O) groups is 1. The summed E-state index contributed by atoms with van der Waals surface area (Å²) in [5.41, 5.74) is 3.56. The second-order valence-corrected chi connectivity index (χ2v) is 10.7. The van der Waals surface area contributed by atoms with Crippen molar-refractivity contribution in [1.29, 1.82) is 0 Å². The average molecular weight is 543 g/mol. The predicted molar refractivity (Wildman–Crippen MR) is 142 cm³/mol. The zero-order chi connectivity index (χ0) is 28.6. The van der Waals surface area contributed by atoms with Gasteiger partial charge in [-0.3, -0.25) is 4.79 Å². The molecule has 39 heavy (non-hydrogen) atoms. The van der Waals surface area contributed by atoms with E-state index in [1.54, 1.807) is 38.1 Å². The number of hydrogen-bond acceptors (Lipinski definition) is 6. The van der Waals surface area contributed by atoms with Crippen molar-refractivity contribution in [1.82, 2.24) is 4.98 Å². The molecule has 1 saturated carbocycles. The first-order valence-electron chi connectivity index (χ1n) is 12.8. The molecule has 3 N–H and O–H groups in total. The lowest BCUT2D eigenvalue weighted by Crippen LogP contribution is -2.44. The number of nitrogens with zero attached hydrogens (tertiary/aromatic N) is 1. The lowest BCUT2D eigenvalue weighted by Gasteiger charge is -2.32. The molecule has 1 fully saturated rings. The number of carbonyl (C=O) groups excluding carboxylic acids is 1. The molecule has 3 aromatic rings. The van der Waals surface area contributed by atoms with E-state index in [0.29, 0.717) is 22.6 Å². The van der Waals surface area contributed by atoms with E-state index < -0.39 is 41.6 Å². The molecule has 0 unspecified atom stereocenters. The van der Waals surface area contributed by atoms with E-state index in [1.807, 2.05) is 19.1 Å². The van der Waals surface area contributed by atoms with Gasteiger partial charge in [-0.1, -0.05) is 29.8 Å². The number of aliphatic hydroxyl groups is 1. The van der Waals surface area contributed by atoms with Gasteiger partial charge >= 0.3 is 6.18 Å². The summed E-state index contributed by atoms with van der Waals surface area (Å²) in [4.78, 5) is 17.2. The van der Waals surface area contributed by atoms with Gasteiger partial charge in [-0.2, -0.15) is 13.2 Å². The minimum absolute atomic E-state index is 0.105. The molecule has 0 spiro atoms. The number of benzene rings is 2.